The molecule has 1 heterocycles. The Morgan fingerprint density at radius 3 is 2.65 bits per heavy atom. The Labute approximate surface area is 113 Å². The van der Waals surface area contributed by atoms with E-state index in [4.69, 9.17) is 9.47 Å². The summed E-state index contributed by atoms with van der Waals surface area (Å²) in [5.74, 6) is 0.141. The summed E-state index contributed by atoms with van der Waals surface area (Å²) in [7, 11) is 1.36. The van der Waals surface area contributed by atoms with Crippen LogP contribution in [0.2, 0.25) is 0 Å². The van der Waals surface area contributed by atoms with Gasteiger partial charge < -0.3 is 14.8 Å². The summed E-state index contributed by atoms with van der Waals surface area (Å²) in [5, 5.41) is 2.68. The first kappa shape index (κ1) is 14.5. The van der Waals surface area contributed by atoms with Gasteiger partial charge in [-0.25, -0.2) is 0 Å². The predicted octanol–water partition coefficient (Wildman–Crippen LogP) is 2.24. The van der Waals surface area contributed by atoms with Crippen molar-refractivity contribution < 1.29 is 27.4 Å². The van der Waals surface area contributed by atoms with Gasteiger partial charge in [-0.3, -0.25) is 4.79 Å². The summed E-state index contributed by atoms with van der Waals surface area (Å²) < 4.78 is 46.4. The van der Waals surface area contributed by atoms with E-state index in [2.05, 4.69) is 5.32 Å². The van der Waals surface area contributed by atoms with Crippen LogP contribution in [-0.4, -0.2) is 32.3 Å². The lowest BCUT2D eigenvalue weighted by Gasteiger charge is -2.15. The molecule has 4 nitrogen and oxygen atoms in total. The number of alkyl halides is 3. The molecule has 1 aromatic rings. The summed E-state index contributed by atoms with van der Waals surface area (Å²) in [4.78, 5) is 11.2. The first-order valence-electron chi connectivity index (χ1n) is 6.03. The van der Waals surface area contributed by atoms with Gasteiger partial charge in [0.15, 0.2) is 18.1 Å². The second-order valence-corrected chi connectivity index (χ2v) is 4.52. The Hall–Kier alpha value is -1.92. The fourth-order valence-electron chi connectivity index (χ4n) is 2.06. The van der Waals surface area contributed by atoms with Crippen molar-refractivity contribution in [3.8, 4) is 11.5 Å². The number of amides is 1. The number of carbonyl (C=O) groups excluding carboxylic acids is 1. The zero-order valence-electron chi connectivity index (χ0n) is 10.8. The maximum absolute atomic E-state index is 12.2. The molecule has 7 heteroatoms. The number of hydrogen-bond acceptors (Lipinski definition) is 3. The number of hydrogen-bond donors (Lipinski definition) is 1. The monoisotopic (exact) mass is 289 g/mol. The summed E-state index contributed by atoms with van der Waals surface area (Å²) in [6, 6.07) is 4.77. The molecule has 110 valence electrons. The van der Waals surface area contributed by atoms with E-state index in [1.165, 1.54) is 13.2 Å². The zero-order valence-corrected chi connectivity index (χ0v) is 10.8. The number of halogens is 3. The number of rotatable bonds is 4. The van der Waals surface area contributed by atoms with E-state index in [1.807, 2.05) is 0 Å². The van der Waals surface area contributed by atoms with Crippen molar-refractivity contribution in [3.05, 3.63) is 23.8 Å². The molecule has 1 saturated heterocycles. The molecular weight excluding hydrogens is 275 g/mol. The molecule has 0 aliphatic carbocycles. The minimum absolute atomic E-state index is 0.0293. The topological polar surface area (TPSA) is 47.6 Å². The Balaban J connectivity index is 2.18. The van der Waals surface area contributed by atoms with Gasteiger partial charge in [-0.2, -0.15) is 13.2 Å². The third-order valence-corrected chi connectivity index (χ3v) is 3.03. The largest absolute Gasteiger partial charge is 0.493 e. The fraction of sp³-hybridized carbons (Fsp3) is 0.462. The molecule has 0 radical (unpaired) electrons. The molecule has 1 aliphatic rings. The highest BCUT2D eigenvalue weighted by molar-refractivity contribution is 5.79. The van der Waals surface area contributed by atoms with Crippen LogP contribution in [0.3, 0.4) is 0 Å². The molecule has 1 unspecified atom stereocenters. The van der Waals surface area contributed by atoms with Gasteiger partial charge in [-0.05, 0) is 17.7 Å². The van der Waals surface area contributed by atoms with Gasteiger partial charge in [0.05, 0.1) is 7.11 Å². The van der Waals surface area contributed by atoms with E-state index < -0.39 is 12.8 Å². The van der Waals surface area contributed by atoms with Crippen LogP contribution in [0.1, 0.15) is 17.9 Å². The van der Waals surface area contributed by atoms with Crippen LogP contribution < -0.4 is 14.8 Å². The number of nitrogens with one attached hydrogen (secondary N) is 1. The van der Waals surface area contributed by atoms with E-state index in [9.17, 15) is 18.0 Å². The van der Waals surface area contributed by atoms with Crippen molar-refractivity contribution in [1.29, 1.82) is 0 Å². The van der Waals surface area contributed by atoms with Gasteiger partial charge in [0.2, 0.25) is 5.91 Å². The van der Waals surface area contributed by atoms with Crippen molar-refractivity contribution in [2.24, 2.45) is 0 Å². The number of ether oxygens (including phenoxy) is 2. The van der Waals surface area contributed by atoms with Gasteiger partial charge in [0.25, 0.3) is 0 Å². The molecule has 0 bridgehead atoms. The summed E-state index contributed by atoms with van der Waals surface area (Å²) in [6.07, 6.45) is -4.09. The lowest BCUT2D eigenvalue weighted by atomic mass is 9.98. The highest BCUT2D eigenvalue weighted by Gasteiger charge is 2.29. The van der Waals surface area contributed by atoms with Gasteiger partial charge in [0, 0.05) is 18.9 Å². The van der Waals surface area contributed by atoms with Crippen LogP contribution in [0.25, 0.3) is 0 Å². The predicted molar refractivity (Wildman–Crippen MR) is 64.9 cm³/mol. The molecule has 1 amide bonds. The first-order chi connectivity index (χ1) is 9.39. The van der Waals surface area contributed by atoms with Gasteiger partial charge >= 0.3 is 6.18 Å². The molecule has 1 aliphatic heterocycles. The Morgan fingerprint density at radius 2 is 2.10 bits per heavy atom. The smallest absolute Gasteiger partial charge is 0.422 e. The van der Waals surface area contributed by atoms with Crippen molar-refractivity contribution in [2.75, 3.05) is 20.3 Å². The molecule has 20 heavy (non-hydrogen) atoms. The normalized spacial score (nSPS) is 18.8. The highest BCUT2D eigenvalue weighted by atomic mass is 19.4. The maximum atomic E-state index is 12.2. The molecule has 1 fully saturated rings. The molecular formula is C13H14F3NO3. The number of carbonyl (C=O) groups is 1. The second-order valence-electron chi connectivity index (χ2n) is 4.52. The molecule has 2 rings (SSSR count). The highest BCUT2D eigenvalue weighted by Crippen LogP contribution is 2.34. The maximum Gasteiger partial charge on any atom is 0.422 e. The molecule has 0 spiro atoms. The number of methoxy groups -OCH3 is 1. The third kappa shape index (κ3) is 3.55. The van der Waals surface area contributed by atoms with Crippen molar-refractivity contribution >= 4 is 5.91 Å². The van der Waals surface area contributed by atoms with Crippen LogP contribution in [-0.2, 0) is 4.79 Å². The van der Waals surface area contributed by atoms with Crippen LogP contribution in [0.5, 0.6) is 11.5 Å². The summed E-state index contributed by atoms with van der Waals surface area (Å²) >= 11 is 0. The van der Waals surface area contributed by atoms with Crippen LogP contribution in [0.15, 0.2) is 18.2 Å². The first-order valence-corrected chi connectivity index (χ1v) is 6.03. The second kappa shape index (κ2) is 5.60. The molecule has 0 aromatic heterocycles. The average Bonchev–Trinajstić information content (AvgIpc) is 2.82. The SMILES string of the molecule is COc1ccc(C2CNC(=O)C2)cc1OCC(F)(F)F. The van der Waals surface area contributed by atoms with E-state index in [0.29, 0.717) is 13.0 Å². The number of benzene rings is 1. The van der Waals surface area contributed by atoms with E-state index in [0.717, 1.165) is 5.56 Å². The summed E-state index contributed by atoms with van der Waals surface area (Å²) in [6.45, 7) is -0.904. The quantitative estimate of drug-likeness (QED) is 0.924. The van der Waals surface area contributed by atoms with Crippen LogP contribution in [0, 0.1) is 0 Å². The molecule has 1 N–H and O–H groups in total. The van der Waals surface area contributed by atoms with E-state index in [1.54, 1.807) is 12.1 Å². The van der Waals surface area contributed by atoms with Gasteiger partial charge in [-0.15, -0.1) is 0 Å². The van der Waals surface area contributed by atoms with E-state index >= 15 is 0 Å². The summed E-state index contributed by atoms with van der Waals surface area (Å²) in [5.41, 5.74) is 0.751. The van der Waals surface area contributed by atoms with Crippen molar-refractivity contribution in [3.63, 3.8) is 0 Å². The molecule has 0 saturated carbocycles. The standard InChI is InChI=1S/C13H14F3NO3/c1-19-10-3-2-8(9-5-12(18)17-6-9)4-11(10)20-7-13(14,15)16/h2-4,9H,5-7H2,1H3,(H,17,18). The Bertz CT molecular complexity index is 502. The molecule has 1 aromatic carbocycles. The van der Waals surface area contributed by atoms with Crippen LogP contribution >= 0.6 is 0 Å². The van der Waals surface area contributed by atoms with Gasteiger partial charge in [-0.1, -0.05) is 6.07 Å². The van der Waals surface area contributed by atoms with Gasteiger partial charge in [0.1, 0.15) is 0 Å². The minimum atomic E-state index is -4.41. The third-order valence-electron chi connectivity index (χ3n) is 3.03. The Kier molecular flexibility index (Phi) is 4.06. The minimum Gasteiger partial charge on any atom is -0.493 e. The Morgan fingerprint density at radius 1 is 1.35 bits per heavy atom. The van der Waals surface area contributed by atoms with Crippen molar-refractivity contribution in [2.45, 2.75) is 18.5 Å². The lowest BCUT2D eigenvalue weighted by Crippen LogP contribution is -2.19. The van der Waals surface area contributed by atoms with Crippen molar-refractivity contribution in [1.82, 2.24) is 5.32 Å². The lowest BCUT2D eigenvalue weighted by molar-refractivity contribution is -0.153. The molecule has 1 atom stereocenters. The zero-order chi connectivity index (χ0) is 14.8. The van der Waals surface area contributed by atoms with Crippen LogP contribution in [0.4, 0.5) is 13.2 Å². The fourth-order valence-corrected chi connectivity index (χ4v) is 2.06. The average molecular weight is 289 g/mol. The van der Waals surface area contributed by atoms with E-state index in [-0.39, 0.29) is 23.3 Å².